The fourth-order valence-electron chi connectivity index (χ4n) is 2.32. The highest BCUT2D eigenvalue weighted by Gasteiger charge is 2.35. The van der Waals surface area contributed by atoms with Gasteiger partial charge in [0.15, 0.2) is 0 Å². The highest BCUT2D eigenvalue weighted by molar-refractivity contribution is 6.31. The molecular weight excluding hydrogens is 280 g/mol. The van der Waals surface area contributed by atoms with Gasteiger partial charge in [-0.05, 0) is 13.3 Å². The summed E-state index contributed by atoms with van der Waals surface area (Å²) in [5.74, 6) is -0.346. The van der Waals surface area contributed by atoms with E-state index < -0.39 is 6.04 Å². The molecule has 1 unspecified atom stereocenters. The van der Waals surface area contributed by atoms with E-state index in [-0.39, 0.29) is 18.2 Å². The van der Waals surface area contributed by atoms with Gasteiger partial charge in [-0.3, -0.25) is 24.5 Å². The average Bonchev–Trinajstić information content (AvgIpc) is 2.88. The number of likely N-dealkylation sites (N-methyl/N-ethyl adjacent to an activating group) is 1. The Kier molecular flexibility index (Phi) is 4.45. The van der Waals surface area contributed by atoms with Crippen molar-refractivity contribution in [2.24, 2.45) is 0 Å². The number of carbonyl (C=O) groups is 2. The molecule has 7 heteroatoms. The maximum absolute atomic E-state index is 11.8. The van der Waals surface area contributed by atoms with Gasteiger partial charge in [0.1, 0.15) is 0 Å². The third kappa shape index (κ3) is 2.58. The molecule has 0 bridgehead atoms. The van der Waals surface area contributed by atoms with Crippen LogP contribution in [-0.2, 0) is 29.1 Å². The molecular formula is C13H19ClN4O2. The van der Waals surface area contributed by atoms with Gasteiger partial charge < -0.3 is 0 Å². The number of nitrogens with zero attached hydrogens (tertiary/aromatic N) is 3. The lowest BCUT2D eigenvalue weighted by Crippen LogP contribution is -2.37. The molecule has 2 amide bonds. The quantitative estimate of drug-likeness (QED) is 0.823. The highest BCUT2D eigenvalue weighted by atomic mass is 35.5. The maximum atomic E-state index is 11.8. The molecule has 2 rings (SSSR count). The molecule has 0 aliphatic carbocycles. The Bertz CT molecular complexity index is 541. The van der Waals surface area contributed by atoms with Gasteiger partial charge in [0.05, 0.1) is 28.9 Å². The van der Waals surface area contributed by atoms with E-state index in [1.54, 1.807) is 0 Å². The molecule has 1 aliphatic rings. The van der Waals surface area contributed by atoms with Crippen molar-refractivity contribution in [3.63, 3.8) is 0 Å². The fraction of sp³-hybridized carbons (Fsp3) is 0.615. The minimum atomic E-state index is -0.464. The standard InChI is InChI=1S/C13H19ClN4O2/c1-4-8-12(14)10(18(5-2)16-8)7-15-9-6-11(19)17(3)13(9)20/h9,15H,4-7H2,1-3H3. The van der Waals surface area contributed by atoms with Crippen molar-refractivity contribution in [1.82, 2.24) is 20.0 Å². The van der Waals surface area contributed by atoms with Crippen LogP contribution in [-0.4, -0.2) is 39.6 Å². The van der Waals surface area contributed by atoms with Crippen LogP contribution >= 0.6 is 11.6 Å². The third-order valence-corrected chi connectivity index (χ3v) is 4.03. The molecule has 110 valence electrons. The van der Waals surface area contributed by atoms with E-state index >= 15 is 0 Å². The number of likely N-dealkylation sites (tertiary alicyclic amines) is 1. The smallest absolute Gasteiger partial charge is 0.246 e. The summed E-state index contributed by atoms with van der Waals surface area (Å²) in [5.41, 5.74) is 1.72. The third-order valence-electron chi connectivity index (χ3n) is 3.59. The fourth-order valence-corrected chi connectivity index (χ4v) is 2.66. The monoisotopic (exact) mass is 298 g/mol. The first-order valence-corrected chi connectivity index (χ1v) is 7.15. The summed E-state index contributed by atoms with van der Waals surface area (Å²) in [5, 5.41) is 8.17. The van der Waals surface area contributed by atoms with E-state index in [2.05, 4.69) is 10.4 Å². The van der Waals surface area contributed by atoms with Crippen LogP contribution < -0.4 is 5.32 Å². The second-order valence-corrected chi connectivity index (χ2v) is 5.18. The second kappa shape index (κ2) is 5.93. The zero-order chi connectivity index (χ0) is 14.9. The largest absolute Gasteiger partial charge is 0.300 e. The Hall–Kier alpha value is -1.40. The predicted molar refractivity (Wildman–Crippen MR) is 75.3 cm³/mol. The number of halogens is 1. The number of aryl methyl sites for hydroxylation is 2. The van der Waals surface area contributed by atoms with Crippen molar-refractivity contribution in [3.05, 3.63) is 16.4 Å². The van der Waals surface area contributed by atoms with Crippen LogP contribution in [0.25, 0.3) is 0 Å². The van der Waals surface area contributed by atoms with E-state index in [9.17, 15) is 9.59 Å². The van der Waals surface area contributed by atoms with E-state index in [0.29, 0.717) is 18.1 Å². The molecule has 1 N–H and O–H groups in total. The molecule has 2 heterocycles. The van der Waals surface area contributed by atoms with Crippen molar-refractivity contribution in [1.29, 1.82) is 0 Å². The van der Waals surface area contributed by atoms with Crippen LogP contribution in [0.2, 0.25) is 5.02 Å². The molecule has 1 fully saturated rings. The summed E-state index contributed by atoms with van der Waals surface area (Å²) >= 11 is 6.30. The molecule has 1 aromatic rings. The van der Waals surface area contributed by atoms with E-state index in [1.807, 2.05) is 18.5 Å². The average molecular weight is 299 g/mol. The van der Waals surface area contributed by atoms with Crippen LogP contribution in [0.5, 0.6) is 0 Å². The van der Waals surface area contributed by atoms with Gasteiger partial charge >= 0.3 is 0 Å². The van der Waals surface area contributed by atoms with Gasteiger partial charge in [0, 0.05) is 20.1 Å². The number of imide groups is 1. The van der Waals surface area contributed by atoms with Crippen molar-refractivity contribution < 1.29 is 9.59 Å². The lowest BCUT2D eigenvalue weighted by molar-refractivity contribution is -0.137. The summed E-state index contributed by atoms with van der Waals surface area (Å²) in [6, 6.07) is -0.464. The lowest BCUT2D eigenvalue weighted by Gasteiger charge is -2.12. The van der Waals surface area contributed by atoms with Crippen LogP contribution in [0.4, 0.5) is 0 Å². The lowest BCUT2D eigenvalue weighted by atomic mass is 10.2. The molecule has 0 aromatic carbocycles. The molecule has 0 saturated carbocycles. The second-order valence-electron chi connectivity index (χ2n) is 4.81. The number of carbonyl (C=O) groups excluding carboxylic acids is 2. The molecule has 6 nitrogen and oxygen atoms in total. The van der Waals surface area contributed by atoms with Gasteiger partial charge in [0.2, 0.25) is 11.8 Å². The van der Waals surface area contributed by atoms with Crippen LogP contribution in [0.1, 0.15) is 31.7 Å². The number of rotatable bonds is 5. The predicted octanol–water partition coefficient (Wildman–Crippen LogP) is 0.966. The van der Waals surface area contributed by atoms with Gasteiger partial charge in [-0.1, -0.05) is 18.5 Å². The minimum absolute atomic E-state index is 0.156. The van der Waals surface area contributed by atoms with E-state index in [1.165, 1.54) is 7.05 Å². The van der Waals surface area contributed by atoms with Crippen molar-refractivity contribution in [2.75, 3.05) is 7.05 Å². The molecule has 0 spiro atoms. The Balaban J connectivity index is 2.10. The summed E-state index contributed by atoms with van der Waals surface area (Å²) in [4.78, 5) is 24.5. The van der Waals surface area contributed by atoms with Crippen LogP contribution in [0.15, 0.2) is 0 Å². The van der Waals surface area contributed by atoms with Gasteiger partial charge in [0.25, 0.3) is 0 Å². The summed E-state index contributed by atoms with van der Waals surface area (Å²) in [6.45, 7) is 5.13. The number of hydrogen-bond acceptors (Lipinski definition) is 4. The molecule has 1 saturated heterocycles. The van der Waals surface area contributed by atoms with Crippen LogP contribution in [0, 0.1) is 0 Å². The number of amides is 2. The summed E-state index contributed by atoms with van der Waals surface area (Å²) in [7, 11) is 1.50. The number of nitrogens with one attached hydrogen (secondary N) is 1. The molecule has 1 aliphatic heterocycles. The van der Waals surface area contributed by atoms with Gasteiger partial charge in [-0.25, -0.2) is 0 Å². The summed E-state index contributed by atoms with van der Waals surface area (Å²) in [6.07, 6.45) is 0.969. The van der Waals surface area contributed by atoms with Crippen LogP contribution in [0.3, 0.4) is 0 Å². The van der Waals surface area contributed by atoms with Gasteiger partial charge in [-0.2, -0.15) is 5.10 Å². The SMILES string of the molecule is CCc1nn(CC)c(CNC2CC(=O)N(C)C2=O)c1Cl. The zero-order valence-corrected chi connectivity index (χ0v) is 12.7. The highest BCUT2D eigenvalue weighted by Crippen LogP contribution is 2.22. The Labute approximate surface area is 123 Å². The normalized spacial score (nSPS) is 19.2. The zero-order valence-electron chi connectivity index (χ0n) is 11.9. The van der Waals surface area contributed by atoms with Crippen molar-refractivity contribution >= 4 is 23.4 Å². The van der Waals surface area contributed by atoms with Crippen molar-refractivity contribution in [3.8, 4) is 0 Å². The van der Waals surface area contributed by atoms with Crippen molar-refractivity contribution in [2.45, 2.75) is 45.8 Å². The maximum Gasteiger partial charge on any atom is 0.246 e. The molecule has 1 aromatic heterocycles. The minimum Gasteiger partial charge on any atom is -0.300 e. The first-order valence-electron chi connectivity index (χ1n) is 6.77. The first-order chi connectivity index (χ1) is 9.49. The molecule has 1 atom stereocenters. The van der Waals surface area contributed by atoms with E-state index in [0.717, 1.165) is 22.7 Å². The molecule has 20 heavy (non-hydrogen) atoms. The summed E-state index contributed by atoms with van der Waals surface area (Å²) < 4.78 is 1.83. The Morgan fingerprint density at radius 2 is 2.10 bits per heavy atom. The topological polar surface area (TPSA) is 67.2 Å². The van der Waals surface area contributed by atoms with E-state index in [4.69, 9.17) is 11.6 Å². The van der Waals surface area contributed by atoms with Gasteiger partial charge in [-0.15, -0.1) is 0 Å². The number of hydrogen-bond donors (Lipinski definition) is 1. The molecule has 0 radical (unpaired) electrons. The number of aromatic nitrogens is 2. The first kappa shape index (κ1) is 15.0. The Morgan fingerprint density at radius 3 is 2.60 bits per heavy atom. The Morgan fingerprint density at radius 1 is 1.40 bits per heavy atom.